The lowest BCUT2D eigenvalue weighted by molar-refractivity contribution is 0.0377. The summed E-state index contributed by atoms with van der Waals surface area (Å²) in [6.07, 6.45) is -0.279. The molecule has 1 aromatic rings. The molecule has 0 bridgehead atoms. The van der Waals surface area contributed by atoms with E-state index in [0.29, 0.717) is 5.69 Å². The van der Waals surface area contributed by atoms with Crippen molar-refractivity contribution < 1.29 is 17.9 Å². The van der Waals surface area contributed by atoms with Crippen molar-refractivity contribution in [2.24, 2.45) is 5.14 Å². The molecule has 0 unspecified atom stereocenters. The minimum absolute atomic E-state index is 0.101. The average molecular weight is 286 g/mol. The second-order valence-corrected chi connectivity index (χ2v) is 6.11. The summed E-state index contributed by atoms with van der Waals surface area (Å²) in [6.45, 7) is 3.43. The number of sulfonamides is 1. The lowest BCUT2D eigenvalue weighted by atomic mass is 10.2. The van der Waals surface area contributed by atoms with E-state index in [1.165, 1.54) is 18.2 Å². The van der Waals surface area contributed by atoms with Crippen LogP contribution >= 0.6 is 0 Å². The minimum Gasteiger partial charge on any atom is -0.459 e. The van der Waals surface area contributed by atoms with Crippen LogP contribution in [-0.4, -0.2) is 34.6 Å². The molecule has 0 spiro atoms. The normalized spacial score (nSPS) is 11.5. The van der Waals surface area contributed by atoms with Crippen molar-refractivity contribution in [3.8, 4) is 0 Å². The number of ether oxygens (including phenoxy) is 1. The molecule has 0 aromatic heterocycles. The third-order valence-corrected chi connectivity index (χ3v) is 3.27. The second kappa shape index (κ2) is 5.58. The predicted molar refractivity (Wildman–Crippen MR) is 72.7 cm³/mol. The Bertz CT molecular complexity index is 579. The van der Waals surface area contributed by atoms with Crippen LogP contribution in [0.4, 0.5) is 5.69 Å². The van der Waals surface area contributed by atoms with Gasteiger partial charge in [-0.15, -0.1) is 0 Å². The summed E-state index contributed by atoms with van der Waals surface area (Å²) in [5, 5.41) is 5.16. The van der Waals surface area contributed by atoms with Gasteiger partial charge in [-0.1, -0.05) is 0 Å². The number of esters is 1. The van der Waals surface area contributed by atoms with Gasteiger partial charge in [0.25, 0.3) is 0 Å². The highest BCUT2D eigenvalue weighted by Gasteiger charge is 2.19. The van der Waals surface area contributed by atoms with Gasteiger partial charge in [-0.2, -0.15) is 0 Å². The van der Waals surface area contributed by atoms with Crippen LogP contribution in [-0.2, 0) is 14.8 Å². The maximum atomic E-state index is 11.7. The molecule has 19 heavy (non-hydrogen) atoms. The van der Waals surface area contributed by atoms with E-state index in [1.807, 2.05) is 0 Å². The van der Waals surface area contributed by atoms with E-state index < -0.39 is 16.0 Å². The van der Waals surface area contributed by atoms with Crippen LogP contribution in [0.25, 0.3) is 0 Å². The molecule has 1 rings (SSSR count). The van der Waals surface area contributed by atoms with Crippen molar-refractivity contribution in [3.63, 3.8) is 0 Å². The topological polar surface area (TPSA) is 89.7 Å². The highest BCUT2D eigenvalue weighted by atomic mass is 32.2. The van der Waals surface area contributed by atoms with E-state index >= 15 is 0 Å². The molecule has 0 saturated heterocycles. The van der Waals surface area contributed by atoms with Crippen LogP contribution in [0.2, 0.25) is 0 Å². The molecule has 0 fully saturated rings. The van der Waals surface area contributed by atoms with Gasteiger partial charge in [0.15, 0.2) is 0 Å². The molecule has 0 aliphatic heterocycles. The smallest absolute Gasteiger partial charge is 0.338 e. The number of rotatable bonds is 4. The monoisotopic (exact) mass is 286 g/mol. The van der Waals surface area contributed by atoms with E-state index in [0.717, 1.165) is 0 Å². The predicted octanol–water partition coefficient (Wildman–Crippen LogP) is 0.965. The summed E-state index contributed by atoms with van der Waals surface area (Å²) in [7, 11) is -0.531. The van der Waals surface area contributed by atoms with E-state index in [4.69, 9.17) is 9.88 Å². The third-order valence-electron chi connectivity index (χ3n) is 2.33. The fourth-order valence-electron chi connectivity index (χ4n) is 1.52. The largest absolute Gasteiger partial charge is 0.459 e. The first-order chi connectivity index (χ1) is 8.62. The molecule has 2 N–H and O–H groups in total. The Balaban J connectivity index is 3.31. The summed E-state index contributed by atoms with van der Waals surface area (Å²) in [6, 6.07) is 4.26. The molecule has 0 aliphatic carbocycles. The van der Waals surface area contributed by atoms with Crippen molar-refractivity contribution >= 4 is 21.7 Å². The number of carbonyl (C=O) groups is 1. The van der Waals surface area contributed by atoms with Gasteiger partial charge >= 0.3 is 5.97 Å². The van der Waals surface area contributed by atoms with Crippen molar-refractivity contribution in [1.29, 1.82) is 0 Å². The Labute approximate surface area is 113 Å². The summed E-state index contributed by atoms with van der Waals surface area (Å²) in [4.78, 5) is 13.3. The molecule has 7 heteroatoms. The van der Waals surface area contributed by atoms with Crippen LogP contribution in [0.5, 0.6) is 0 Å². The average Bonchev–Trinajstić information content (AvgIpc) is 2.25. The first-order valence-corrected chi connectivity index (χ1v) is 7.22. The van der Waals surface area contributed by atoms with Crippen LogP contribution in [0.1, 0.15) is 24.2 Å². The van der Waals surface area contributed by atoms with E-state index in [-0.39, 0.29) is 16.6 Å². The van der Waals surface area contributed by atoms with E-state index in [9.17, 15) is 13.2 Å². The number of anilines is 1. The summed E-state index contributed by atoms with van der Waals surface area (Å²) < 4.78 is 28.1. The second-order valence-electron chi connectivity index (χ2n) is 4.58. The first-order valence-electron chi connectivity index (χ1n) is 5.68. The maximum absolute atomic E-state index is 11.7. The highest BCUT2D eigenvalue weighted by Crippen LogP contribution is 2.24. The van der Waals surface area contributed by atoms with Gasteiger partial charge < -0.3 is 9.64 Å². The molecule has 0 amide bonds. The van der Waals surface area contributed by atoms with E-state index in [2.05, 4.69) is 0 Å². The SMILES string of the molecule is CC(C)OC(=O)c1ccc(N(C)C)c(S(N)(=O)=O)c1. The zero-order valence-electron chi connectivity index (χ0n) is 11.4. The molecule has 0 heterocycles. The number of primary sulfonamides is 1. The van der Waals surface area contributed by atoms with Crippen LogP contribution < -0.4 is 10.0 Å². The maximum Gasteiger partial charge on any atom is 0.338 e. The minimum atomic E-state index is -3.91. The molecule has 0 aliphatic rings. The molecule has 0 atom stereocenters. The number of hydrogen-bond acceptors (Lipinski definition) is 5. The summed E-state index contributed by atoms with van der Waals surface area (Å²) in [5.74, 6) is -0.579. The van der Waals surface area contributed by atoms with Crippen molar-refractivity contribution in [3.05, 3.63) is 23.8 Å². The van der Waals surface area contributed by atoms with Gasteiger partial charge in [0.05, 0.1) is 17.4 Å². The van der Waals surface area contributed by atoms with Crippen molar-refractivity contribution in [2.45, 2.75) is 24.8 Å². The number of hydrogen-bond donors (Lipinski definition) is 1. The molecular weight excluding hydrogens is 268 g/mol. The summed E-state index contributed by atoms with van der Waals surface area (Å²) in [5.41, 5.74) is 0.576. The molecule has 0 saturated carbocycles. The number of carbonyl (C=O) groups excluding carboxylic acids is 1. The van der Waals surface area contributed by atoms with Gasteiger partial charge in [0.1, 0.15) is 4.90 Å². The lowest BCUT2D eigenvalue weighted by Gasteiger charge is -2.17. The Hall–Kier alpha value is -1.60. The molecular formula is C12H18N2O4S. The molecule has 1 aromatic carbocycles. The Kier molecular flexibility index (Phi) is 4.54. The zero-order valence-corrected chi connectivity index (χ0v) is 12.2. The number of nitrogens with zero attached hydrogens (tertiary/aromatic N) is 1. The molecule has 0 radical (unpaired) electrons. The Morgan fingerprint density at radius 3 is 2.32 bits per heavy atom. The standard InChI is InChI=1S/C12H18N2O4S/c1-8(2)18-12(15)9-5-6-10(14(3)4)11(7-9)19(13,16)17/h5-8H,1-4H3,(H2,13,16,17). The van der Waals surface area contributed by atoms with Gasteiger partial charge in [0, 0.05) is 14.1 Å². The zero-order chi connectivity index (χ0) is 14.8. The number of benzene rings is 1. The van der Waals surface area contributed by atoms with Crippen LogP contribution in [0.3, 0.4) is 0 Å². The van der Waals surface area contributed by atoms with Gasteiger partial charge in [-0.3, -0.25) is 0 Å². The first kappa shape index (κ1) is 15.5. The Morgan fingerprint density at radius 2 is 1.89 bits per heavy atom. The van der Waals surface area contributed by atoms with Gasteiger partial charge in [0.2, 0.25) is 10.0 Å². The van der Waals surface area contributed by atoms with Crippen LogP contribution in [0, 0.1) is 0 Å². The fraction of sp³-hybridized carbons (Fsp3) is 0.417. The van der Waals surface area contributed by atoms with Gasteiger partial charge in [-0.25, -0.2) is 18.4 Å². The highest BCUT2D eigenvalue weighted by molar-refractivity contribution is 7.89. The van der Waals surface area contributed by atoms with E-state index in [1.54, 1.807) is 32.8 Å². The third kappa shape index (κ3) is 3.93. The Morgan fingerprint density at radius 1 is 1.32 bits per heavy atom. The van der Waals surface area contributed by atoms with Crippen LogP contribution in [0.15, 0.2) is 23.1 Å². The quantitative estimate of drug-likeness (QED) is 0.833. The number of nitrogens with two attached hydrogens (primary N) is 1. The molecule has 106 valence electrons. The molecule has 6 nitrogen and oxygen atoms in total. The van der Waals surface area contributed by atoms with Gasteiger partial charge in [-0.05, 0) is 32.0 Å². The lowest BCUT2D eigenvalue weighted by Crippen LogP contribution is -2.20. The fourth-order valence-corrected chi connectivity index (χ4v) is 2.35. The van der Waals surface area contributed by atoms with Crippen molar-refractivity contribution in [1.82, 2.24) is 0 Å². The van der Waals surface area contributed by atoms with Crippen molar-refractivity contribution in [2.75, 3.05) is 19.0 Å². The summed E-state index contributed by atoms with van der Waals surface area (Å²) >= 11 is 0.